The van der Waals surface area contributed by atoms with E-state index in [1.165, 1.54) is 4.90 Å². The number of pyridine rings is 1. The average molecular weight is 458 g/mol. The molecule has 1 amide bonds. The number of aromatic amines is 1. The molecule has 1 N–H and O–H groups in total. The summed E-state index contributed by atoms with van der Waals surface area (Å²) in [6, 6.07) is 14.6. The summed E-state index contributed by atoms with van der Waals surface area (Å²) in [7, 11) is 1.55. The number of methoxy groups -OCH3 is 1. The number of Topliss-reactive ketones (excluding diaryl/α,β-unsaturated/α-hetero) is 1. The Balaban J connectivity index is 1.62. The Bertz CT molecular complexity index is 1270. The van der Waals surface area contributed by atoms with Crippen LogP contribution in [0.25, 0.3) is 5.76 Å². The molecule has 1 fully saturated rings. The number of hydrogen-bond donors (Lipinski definition) is 0. The second kappa shape index (κ2) is 8.90. The molecule has 5 rings (SSSR count). The van der Waals surface area contributed by atoms with E-state index in [9.17, 15) is 14.7 Å². The Morgan fingerprint density at radius 1 is 1.09 bits per heavy atom. The maximum absolute atomic E-state index is 13.6. The molecule has 2 aliphatic heterocycles. The van der Waals surface area contributed by atoms with Gasteiger partial charge in [-0.15, -0.1) is 0 Å². The maximum Gasteiger partial charge on any atom is 0.295 e. The summed E-state index contributed by atoms with van der Waals surface area (Å²) < 4.78 is 16.4. The Kier molecular flexibility index (Phi) is 5.63. The maximum atomic E-state index is 13.6. The lowest BCUT2D eigenvalue weighted by Crippen LogP contribution is -2.29. The molecule has 0 aliphatic carbocycles. The van der Waals surface area contributed by atoms with Gasteiger partial charge in [-0.2, -0.15) is 0 Å². The van der Waals surface area contributed by atoms with Gasteiger partial charge < -0.3 is 24.2 Å². The Morgan fingerprint density at radius 3 is 2.56 bits per heavy atom. The highest BCUT2D eigenvalue weighted by Crippen LogP contribution is 2.41. The van der Waals surface area contributed by atoms with Crippen LogP contribution in [-0.4, -0.2) is 36.9 Å². The summed E-state index contributed by atoms with van der Waals surface area (Å²) in [4.78, 5) is 30.7. The van der Waals surface area contributed by atoms with E-state index in [0.29, 0.717) is 36.0 Å². The van der Waals surface area contributed by atoms with Crippen molar-refractivity contribution in [3.63, 3.8) is 0 Å². The van der Waals surface area contributed by atoms with E-state index in [2.05, 4.69) is 4.98 Å². The smallest absolute Gasteiger partial charge is 0.295 e. The van der Waals surface area contributed by atoms with Gasteiger partial charge in [0, 0.05) is 17.2 Å². The zero-order chi connectivity index (χ0) is 23.7. The third-order valence-electron chi connectivity index (χ3n) is 5.89. The topological polar surface area (TPSA) is 102 Å². The number of nitrogens with one attached hydrogen (secondary N) is 1. The zero-order valence-electron chi connectivity index (χ0n) is 18.4. The van der Waals surface area contributed by atoms with E-state index >= 15 is 0 Å². The Hall–Kier alpha value is -4.33. The lowest BCUT2D eigenvalue weighted by molar-refractivity contribution is -0.378. The number of carbonyl (C=O) groups is 2. The van der Waals surface area contributed by atoms with Crippen molar-refractivity contribution in [1.82, 2.24) is 4.90 Å². The standard InChI is InChI=1S/C26H22N2O6/c1-32-19-7-4-17(5-8-19)23-22(24(29)18-6-9-20-21(13-18)34-12-11-33-20)25(30)26(31)28(23)15-16-3-2-10-27-14-16/h2-10,13-14,23,29H,11-12,15H2,1H3. The van der Waals surface area contributed by atoms with Gasteiger partial charge in [0.15, 0.2) is 23.9 Å². The molecule has 0 spiro atoms. The van der Waals surface area contributed by atoms with Crippen LogP contribution >= 0.6 is 0 Å². The Labute approximate surface area is 196 Å². The van der Waals surface area contributed by atoms with Crippen LogP contribution < -0.4 is 24.3 Å². The number of ether oxygens (including phenoxy) is 3. The first-order chi connectivity index (χ1) is 16.6. The summed E-state index contributed by atoms with van der Waals surface area (Å²) in [6.45, 7) is 0.960. The molecule has 2 aromatic carbocycles. The third kappa shape index (κ3) is 3.83. The van der Waals surface area contributed by atoms with Crippen LogP contribution in [0.4, 0.5) is 0 Å². The molecule has 0 saturated carbocycles. The number of ketones is 1. The molecule has 34 heavy (non-hydrogen) atoms. The first-order valence-corrected chi connectivity index (χ1v) is 10.8. The number of amides is 1. The van der Waals surface area contributed by atoms with Gasteiger partial charge in [-0.1, -0.05) is 24.0 Å². The molecular formula is C26H22N2O6. The highest BCUT2D eigenvalue weighted by atomic mass is 16.6. The molecule has 3 aromatic rings. The molecular weight excluding hydrogens is 436 g/mol. The van der Waals surface area contributed by atoms with Gasteiger partial charge in [0.25, 0.3) is 5.91 Å². The molecule has 8 heteroatoms. The van der Waals surface area contributed by atoms with Crippen LogP contribution in [-0.2, 0) is 16.1 Å². The normalized spacial score (nSPS) is 18.7. The van der Waals surface area contributed by atoms with Crippen LogP contribution in [0.2, 0.25) is 0 Å². The third-order valence-corrected chi connectivity index (χ3v) is 5.89. The largest absolute Gasteiger partial charge is 0.872 e. The highest BCUT2D eigenvalue weighted by Gasteiger charge is 2.44. The summed E-state index contributed by atoms with van der Waals surface area (Å²) in [6.07, 6.45) is 3.51. The van der Waals surface area contributed by atoms with Gasteiger partial charge >= 0.3 is 0 Å². The van der Waals surface area contributed by atoms with Gasteiger partial charge in [-0.3, -0.25) is 9.59 Å². The number of H-pyrrole nitrogens is 1. The average Bonchev–Trinajstić information content (AvgIpc) is 3.13. The number of likely N-dealkylation sites (tertiary alicyclic amines) is 1. The lowest BCUT2D eigenvalue weighted by Gasteiger charge is -2.28. The van der Waals surface area contributed by atoms with Gasteiger partial charge in [-0.05, 0) is 41.5 Å². The molecule has 0 bridgehead atoms. The zero-order valence-corrected chi connectivity index (χ0v) is 18.4. The lowest BCUT2D eigenvalue weighted by atomic mass is 9.95. The van der Waals surface area contributed by atoms with E-state index in [1.807, 2.05) is 12.1 Å². The summed E-state index contributed by atoms with van der Waals surface area (Å²) in [5.74, 6) is -0.435. The number of fused-ring (bicyclic) bond motifs is 1. The van der Waals surface area contributed by atoms with Crippen LogP contribution in [0.1, 0.15) is 22.7 Å². The Morgan fingerprint density at radius 2 is 1.85 bits per heavy atom. The predicted molar refractivity (Wildman–Crippen MR) is 119 cm³/mol. The SMILES string of the molecule is COc1ccc(C2C(=C([O-])c3ccc4c(c3)OCCO4)C(=O)C(=O)N2Cc2ccc[nH+]c2)cc1. The molecule has 1 aromatic heterocycles. The highest BCUT2D eigenvalue weighted by molar-refractivity contribution is 6.46. The van der Waals surface area contributed by atoms with Gasteiger partial charge in [-0.25, -0.2) is 4.98 Å². The minimum Gasteiger partial charge on any atom is -0.872 e. The van der Waals surface area contributed by atoms with Crippen LogP contribution in [0.15, 0.2) is 72.6 Å². The predicted octanol–water partition coefficient (Wildman–Crippen LogP) is 1.70. The van der Waals surface area contributed by atoms with E-state index < -0.39 is 23.5 Å². The van der Waals surface area contributed by atoms with Crippen molar-refractivity contribution in [1.29, 1.82) is 0 Å². The van der Waals surface area contributed by atoms with Crippen molar-refractivity contribution in [2.45, 2.75) is 12.6 Å². The molecule has 1 atom stereocenters. The van der Waals surface area contributed by atoms with Crippen LogP contribution in [0.5, 0.6) is 17.2 Å². The van der Waals surface area contributed by atoms with Gasteiger partial charge in [0.1, 0.15) is 19.0 Å². The number of rotatable bonds is 5. The molecule has 2 aliphatic rings. The summed E-state index contributed by atoms with van der Waals surface area (Å²) in [5, 5.41) is 13.6. The molecule has 0 radical (unpaired) electrons. The van der Waals surface area contributed by atoms with E-state index in [0.717, 1.165) is 5.56 Å². The minimum atomic E-state index is -0.841. The number of carbonyl (C=O) groups excluding carboxylic acids is 2. The quantitative estimate of drug-likeness (QED) is 0.328. The molecule has 172 valence electrons. The van der Waals surface area contributed by atoms with Crippen molar-refractivity contribution < 1.29 is 33.9 Å². The number of aromatic nitrogens is 1. The molecule has 1 unspecified atom stereocenters. The van der Waals surface area contributed by atoms with Gasteiger partial charge in [0.05, 0.1) is 19.7 Å². The molecule has 8 nitrogen and oxygen atoms in total. The number of nitrogens with zero attached hydrogens (tertiary/aromatic N) is 1. The fraction of sp³-hybridized carbons (Fsp3) is 0.192. The molecule has 1 saturated heterocycles. The monoisotopic (exact) mass is 458 g/mol. The van der Waals surface area contributed by atoms with Crippen molar-refractivity contribution in [2.75, 3.05) is 20.3 Å². The second-order valence-corrected chi connectivity index (χ2v) is 7.95. The van der Waals surface area contributed by atoms with Crippen molar-refractivity contribution in [3.05, 3.63) is 89.3 Å². The summed E-state index contributed by atoms with van der Waals surface area (Å²) in [5.41, 5.74) is 1.61. The van der Waals surface area contributed by atoms with Crippen molar-refractivity contribution in [3.8, 4) is 17.2 Å². The first-order valence-electron chi connectivity index (χ1n) is 10.8. The van der Waals surface area contributed by atoms with E-state index in [1.54, 1.807) is 62.0 Å². The fourth-order valence-corrected chi connectivity index (χ4v) is 4.23. The minimum absolute atomic E-state index is 0.0910. The summed E-state index contributed by atoms with van der Waals surface area (Å²) >= 11 is 0. The van der Waals surface area contributed by atoms with E-state index in [-0.39, 0.29) is 17.7 Å². The van der Waals surface area contributed by atoms with Crippen molar-refractivity contribution in [2.24, 2.45) is 0 Å². The van der Waals surface area contributed by atoms with E-state index in [4.69, 9.17) is 14.2 Å². The van der Waals surface area contributed by atoms with Crippen molar-refractivity contribution >= 4 is 17.4 Å². The van der Waals surface area contributed by atoms with Gasteiger partial charge in [0.2, 0.25) is 5.78 Å². The second-order valence-electron chi connectivity index (χ2n) is 7.95. The van der Waals surface area contributed by atoms with Crippen LogP contribution in [0.3, 0.4) is 0 Å². The first kappa shape index (κ1) is 21.5. The van der Waals surface area contributed by atoms with Crippen LogP contribution in [0, 0.1) is 0 Å². The molecule has 3 heterocycles. The number of benzene rings is 2. The fourth-order valence-electron chi connectivity index (χ4n) is 4.23. The number of hydrogen-bond acceptors (Lipinski definition) is 6.